The molecule has 2 amide bonds. The van der Waals surface area contributed by atoms with Crippen LogP contribution in [-0.2, 0) is 6.54 Å². The Morgan fingerprint density at radius 2 is 2.10 bits per heavy atom. The fourth-order valence-corrected chi connectivity index (χ4v) is 2.82. The van der Waals surface area contributed by atoms with Gasteiger partial charge in [-0.25, -0.2) is 4.79 Å². The molecule has 0 saturated heterocycles. The number of carbonyl (C=O) groups excluding carboxylic acids is 1. The highest BCUT2D eigenvalue weighted by Gasteiger charge is 2.14. The number of nitrogens with one attached hydrogen (secondary N) is 2. The third kappa shape index (κ3) is 5.26. The number of aliphatic hydroxyl groups excluding tert-OH is 1. The zero-order chi connectivity index (χ0) is 20.6. The molecule has 29 heavy (non-hydrogen) atoms. The largest absolute Gasteiger partial charge is 0.497 e. The van der Waals surface area contributed by atoms with Crippen molar-refractivity contribution in [1.82, 2.24) is 15.1 Å². The molecule has 0 bridgehead atoms. The molecule has 0 saturated carbocycles. The van der Waals surface area contributed by atoms with Gasteiger partial charge in [0.2, 0.25) is 0 Å². The van der Waals surface area contributed by atoms with Gasteiger partial charge in [0.1, 0.15) is 18.1 Å². The van der Waals surface area contributed by atoms with Crippen LogP contribution in [0.5, 0.6) is 11.5 Å². The lowest BCUT2D eigenvalue weighted by Gasteiger charge is -2.20. The number of aromatic nitrogens is 2. The number of rotatable bonds is 8. The van der Waals surface area contributed by atoms with E-state index in [1.165, 1.54) is 0 Å². The smallest absolute Gasteiger partial charge is 0.321 e. The zero-order valence-corrected chi connectivity index (χ0v) is 16.4. The fraction of sp³-hybridized carbons (Fsp3) is 0.238. The molecule has 0 fully saturated rings. The van der Waals surface area contributed by atoms with Crippen LogP contribution in [0.15, 0.2) is 54.9 Å². The summed E-state index contributed by atoms with van der Waals surface area (Å²) in [7, 11) is 3.32. The molecule has 8 heteroatoms. The molecule has 0 unspecified atom stereocenters. The van der Waals surface area contributed by atoms with Crippen molar-refractivity contribution in [2.45, 2.75) is 6.54 Å². The van der Waals surface area contributed by atoms with E-state index in [4.69, 9.17) is 14.6 Å². The Balaban J connectivity index is 1.73. The highest BCUT2D eigenvalue weighted by molar-refractivity contribution is 5.91. The van der Waals surface area contributed by atoms with E-state index in [2.05, 4.69) is 15.5 Å². The quantitative estimate of drug-likeness (QED) is 0.543. The molecule has 0 aliphatic rings. The highest BCUT2D eigenvalue weighted by atomic mass is 16.5. The van der Waals surface area contributed by atoms with Crippen LogP contribution in [0.4, 0.5) is 10.5 Å². The summed E-state index contributed by atoms with van der Waals surface area (Å²) < 4.78 is 10.8. The number of urea groups is 1. The van der Waals surface area contributed by atoms with Crippen molar-refractivity contribution in [2.75, 3.05) is 32.7 Å². The summed E-state index contributed by atoms with van der Waals surface area (Å²) in [5.74, 6) is 1.21. The van der Waals surface area contributed by atoms with Gasteiger partial charge >= 0.3 is 6.03 Å². The first-order valence-corrected chi connectivity index (χ1v) is 9.12. The summed E-state index contributed by atoms with van der Waals surface area (Å²) in [5, 5.41) is 18.7. The Kier molecular flexibility index (Phi) is 6.70. The van der Waals surface area contributed by atoms with Crippen LogP contribution in [-0.4, -0.2) is 53.6 Å². The maximum absolute atomic E-state index is 12.7. The molecule has 3 rings (SSSR count). The lowest BCUT2D eigenvalue weighted by molar-refractivity contribution is 0.201. The minimum Gasteiger partial charge on any atom is -0.497 e. The fourth-order valence-electron chi connectivity index (χ4n) is 2.82. The summed E-state index contributed by atoms with van der Waals surface area (Å²) in [4.78, 5) is 14.2. The molecular weight excluding hydrogens is 372 g/mol. The van der Waals surface area contributed by atoms with Crippen LogP contribution >= 0.6 is 0 Å². The third-order valence-corrected chi connectivity index (χ3v) is 4.30. The van der Waals surface area contributed by atoms with E-state index in [-0.39, 0.29) is 19.2 Å². The standard InChI is InChI=1S/C21H24N4O4/c1-25(14-15-4-3-5-18(10-15)28-2)21(27)24-19-7-6-16(17-12-22-23-13-17)11-20(19)29-9-8-26/h3-7,10-13,26H,8-9,14H2,1-2H3,(H,22,23)(H,24,27). The molecule has 0 atom stereocenters. The van der Waals surface area contributed by atoms with E-state index < -0.39 is 0 Å². The van der Waals surface area contributed by atoms with Crippen molar-refractivity contribution >= 4 is 11.7 Å². The average molecular weight is 396 g/mol. The number of aromatic amines is 1. The number of hydrogen-bond donors (Lipinski definition) is 3. The van der Waals surface area contributed by atoms with E-state index in [0.717, 1.165) is 22.4 Å². The van der Waals surface area contributed by atoms with Gasteiger partial charge in [-0.15, -0.1) is 0 Å². The van der Waals surface area contributed by atoms with E-state index in [0.29, 0.717) is 18.0 Å². The van der Waals surface area contributed by atoms with Gasteiger partial charge in [-0.3, -0.25) is 5.10 Å². The summed E-state index contributed by atoms with van der Waals surface area (Å²) in [6.07, 6.45) is 3.47. The lowest BCUT2D eigenvalue weighted by atomic mass is 10.1. The van der Waals surface area contributed by atoms with Crippen molar-refractivity contribution in [1.29, 1.82) is 0 Å². The molecule has 8 nitrogen and oxygen atoms in total. The van der Waals surface area contributed by atoms with E-state index in [9.17, 15) is 4.79 Å². The van der Waals surface area contributed by atoms with Crippen molar-refractivity contribution in [3.05, 3.63) is 60.4 Å². The molecule has 1 heterocycles. The van der Waals surface area contributed by atoms with E-state index >= 15 is 0 Å². The van der Waals surface area contributed by atoms with Gasteiger partial charge in [-0.1, -0.05) is 18.2 Å². The van der Waals surface area contributed by atoms with Crippen LogP contribution in [0, 0.1) is 0 Å². The molecular formula is C21H24N4O4. The minimum absolute atomic E-state index is 0.122. The number of hydrogen-bond acceptors (Lipinski definition) is 5. The molecule has 3 aromatic rings. The zero-order valence-electron chi connectivity index (χ0n) is 16.4. The Bertz CT molecular complexity index is 944. The number of nitrogens with zero attached hydrogens (tertiary/aromatic N) is 2. The van der Waals surface area contributed by atoms with Gasteiger partial charge in [0.15, 0.2) is 0 Å². The van der Waals surface area contributed by atoms with Gasteiger partial charge in [-0.05, 0) is 35.4 Å². The van der Waals surface area contributed by atoms with Gasteiger partial charge in [0.25, 0.3) is 0 Å². The predicted molar refractivity (Wildman–Crippen MR) is 110 cm³/mol. The molecule has 0 aliphatic heterocycles. The summed E-state index contributed by atoms with van der Waals surface area (Å²) in [6, 6.07) is 12.7. The molecule has 0 radical (unpaired) electrons. The number of amides is 2. The highest BCUT2D eigenvalue weighted by Crippen LogP contribution is 2.31. The molecule has 0 aliphatic carbocycles. The topological polar surface area (TPSA) is 99.7 Å². The second-order valence-corrected chi connectivity index (χ2v) is 6.41. The van der Waals surface area contributed by atoms with Gasteiger partial charge in [-0.2, -0.15) is 5.10 Å². The van der Waals surface area contributed by atoms with Crippen molar-refractivity contribution < 1.29 is 19.4 Å². The Morgan fingerprint density at radius 1 is 1.24 bits per heavy atom. The van der Waals surface area contributed by atoms with Crippen LogP contribution < -0.4 is 14.8 Å². The summed E-state index contributed by atoms with van der Waals surface area (Å²) in [5.41, 5.74) is 3.25. The second kappa shape index (κ2) is 9.61. The van der Waals surface area contributed by atoms with Crippen molar-refractivity contribution in [3.63, 3.8) is 0 Å². The number of benzene rings is 2. The Hall–Kier alpha value is -3.52. The molecule has 152 valence electrons. The maximum Gasteiger partial charge on any atom is 0.321 e. The summed E-state index contributed by atoms with van der Waals surface area (Å²) in [6.45, 7) is 0.416. The molecule has 0 spiro atoms. The molecule has 1 aromatic heterocycles. The van der Waals surface area contributed by atoms with Gasteiger partial charge in [0.05, 0.1) is 25.6 Å². The lowest BCUT2D eigenvalue weighted by Crippen LogP contribution is -2.31. The number of aliphatic hydroxyl groups is 1. The number of H-pyrrole nitrogens is 1. The second-order valence-electron chi connectivity index (χ2n) is 6.41. The van der Waals surface area contributed by atoms with Crippen LogP contribution in [0.25, 0.3) is 11.1 Å². The number of methoxy groups -OCH3 is 1. The average Bonchev–Trinajstić information content (AvgIpc) is 3.28. The Morgan fingerprint density at radius 3 is 2.83 bits per heavy atom. The third-order valence-electron chi connectivity index (χ3n) is 4.30. The van der Waals surface area contributed by atoms with Gasteiger partial charge in [0, 0.05) is 25.4 Å². The minimum atomic E-state index is -0.280. The van der Waals surface area contributed by atoms with Gasteiger partial charge < -0.3 is 24.8 Å². The first-order valence-electron chi connectivity index (χ1n) is 9.12. The molecule has 3 N–H and O–H groups in total. The molecule has 2 aromatic carbocycles. The Labute approximate surface area is 169 Å². The number of anilines is 1. The normalized spacial score (nSPS) is 10.4. The maximum atomic E-state index is 12.7. The van der Waals surface area contributed by atoms with E-state index in [1.807, 2.05) is 30.3 Å². The van der Waals surface area contributed by atoms with Crippen LogP contribution in [0.1, 0.15) is 5.56 Å². The predicted octanol–water partition coefficient (Wildman–Crippen LogP) is 3.12. The van der Waals surface area contributed by atoms with Crippen molar-refractivity contribution in [2.24, 2.45) is 0 Å². The first-order chi connectivity index (χ1) is 14.1. The SMILES string of the molecule is COc1cccc(CN(C)C(=O)Nc2ccc(-c3cn[nH]c3)cc2OCCO)c1. The monoisotopic (exact) mass is 396 g/mol. The van der Waals surface area contributed by atoms with Crippen molar-refractivity contribution in [3.8, 4) is 22.6 Å². The van der Waals surface area contributed by atoms with Crippen LogP contribution in [0.2, 0.25) is 0 Å². The summed E-state index contributed by atoms with van der Waals surface area (Å²) >= 11 is 0. The number of ether oxygens (including phenoxy) is 2. The van der Waals surface area contributed by atoms with Crippen LogP contribution in [0.3, 0.4) is 0 Å². The number of carbonyl (C=O) groups is 1. The first kappa shape index (κ1) is 20.2. The van der Waals surface area contributed by atoms with E-state index in [1.54, 1.807) is 43.6 Å².